The maximum absolute atomic E-state index is 12.6. The molecule has 8 nitrogen and oxygen atoms in total. The summed E-state index contributed by atoms with van der Waals surface area (Å²) in [7, 11) is 0. The molecular weight excluding hydrogens is 332 g/mol. The Labute approximate surface area is 140 Å². The number of aromatic carboxylic acids is 1. The van der Waals surface area contributed by atoms with E-state index in [0.29, 0.717) is 10.8 Å². The maximum Gasteiger partial charge on any atom is 0.335 e. The van der Waals surface area contributed by atoms with Crippen LogP contribution in [0.2, 0.25) is 0 Å². The van der Waals surface area contributed by atoms with Crippen LogP contribution < -0.4 is 4.90 Å². The van der Waals surface area contributed by atoms with Gasteiger partial charge in [-0.3, -0.25) is 14.7 Å². The first-order valence-electron chi connectivity index (χ1n) is 6.87. The van der Waals surface area contributed by atoms with Crippen LogP contribution in [0.25, 0.3) is 0 Å². The molecule has 0 radical (unpaired) electrons. The first-order valence-corrected chi connectivity index (χ1v) is 7.85. The van der Waals surface area contributed by atoms with E-state index in [-0.39, 0.29) is 28.1 Å². The average Bonchev–Trinajstić information content (AvgIpc) is 3.06. The van der Waals surface area contributed by atoms with Crippen molar-refractivity contribution in [1.82, 2.24) is 10.2 Å². The summed E-state index contributed by atoms with van der Waals surface area (Å²) >= 11 is 1.31. The fraction of sp³-hybridized carbons (Fsp3) is 0.133. The number of nitriles is 1. The number of hydrogen-bond acceptors (Lipinski definition) is 6. The highest BCUT2D eigenvalue weighted by Crippen LogP contribution is 2.33. The van der Waals surface area contributed by atoms with E-state index in [2.05, 4.69) is 10.2 Å². The number of nitrogens with one attached hydrogen (secondary N) is 1. The van der Waals surface area contributed by atoms with Gasteiger partial charge in [0.25, 0.3) is 11.8 Å². The highest BCUT2D eigenvalue weighted by molar-refractivity contribution is 7.99. The van der Waals surface area contributed by atoms with Crippen LogP contribution in [0, 0.1) is 11.3 Å². The number of carbonyl (C=O) groups excluding carboxylic acids is 2. The predicted molar refractivity (Wildman–Crippen MR) is 84.2 cm³/mol. The van der Waals surface area contributed by atoms with E-state index in [9.17, 15) is 19.6 Å². The van der Waals surface area contributed by atoms with Crippen molar-refractivity contribution in [1.29, 1.82) is 5.26 Å². The Balaban J connectivity index is 2.09. The molecule has 0 unspecified atom stereocenters. The minimum Gasteiger partial charge on any atom is -0.478 e. The number of imide groups is 1. The molecule has 24 heavy (non-hydrogen) atoms. The van der Waals surface area contributed by atoms with Crippen LogP contribution >= 0.6 is 11.8 Å². The van der Waals surface area contributed by atoms with E-state index >= 15 is 0 Å². The lowest BCUT2D eigenvalue weighted by Crippen LogP contribution is -2.30. The third-order valence-corrected chi connectivity index (χ3v) is 4.32. The molecule has 0 saturated heterocycles. The van der Waals surface area contributed by atoms with E-state index in [1.54, 1.807) is 0 Å². The topological polar surface area (TPSA) is 127 Å². The van der Waals surface area contributed by atoms with Gasteiger partial charge in [-0.25, -0.2) is 9.69 Å². The number of rotatable bonds is 4. The van der Waals surface area contributed by atoms with Gasteiger partial charge >= 0.3 is 5.97 Å². The Morgan fingerprint density at radius 1 is 1.38 bits per heavy atom. The van der Waals surface area contributed by atoms with Gasteiger partial charge in [-0.15, -0.1) is 11.8 Å². The van der Waals surface area contributed by atoms with Crippen molar-refractivity contribution in [2.24, 2.45) is 0 Å². The molecule has 1 aliphatic heterocycles. The Morgan fingerprint density at radius 3 is 2.71 bits per heavy atom. The van der Waals surface area contributed by atoms with Crippen molar-refractivity contribution in [3.8, 4) is 6.07 Å². The Morgan fingerprint density at radius 2 is 2.08 bits per heavy atom. The summed E-state index contributed by atoms with van der Waals surface area (Å²) < 4.78 is 0. The van der Waals surface area contributed by atoms with Crippen molar-refractivity contribution in [3.05, 3.63) is 40.5 Å². The largest absolute Gasteiger partial charge is 0.478 e. The molecule has 0 fully saturated rings. The van der Waals surface area contributed by atoms with E-state index in [1.807, 2.05) is 13.0 Å². The maximum atomic E-state index is 12.6. The summed E-state index contributed by atoms with van der Waals surface area (Å²) in [5.41, 5.74) is 0.0928. The Bertz CT molecular complexity index is 928. The van der Waals surface area contributed by atoms with Crippen LogP contribution in [0.3, 0.4) is 0 Å². The fourth-order valence-corrected chi connectivity index (χ4v) is 3.07. The number of anilines is 1. The summed E-state index contributed by atoms with van der Waals surface area (Å²) in [6.07, 6.45) is 0. The monoisotopic (exact) mass is 342 g/mol. The first kappa shape index (κ1) is 15.8. The SMILES string of the molecule is CCSc1n[nH]c(N2C(=O)c3ccc(C(=O)O)cc3C2=O)c1C#N. The fourth-order valence-electron chi connectivity index (χ4n) is 2.40. The minimum atomic E-state index is -1.20. The van der Waals surface area contributed by atoms with Crippen molar-refractivity contribution in [2.45, 2.75) is 11.9 Å². The molecular formula is C15H10N4O4S. The van der Waals surface area contributed by atoms with Crippen LogP contribution in [-0.2, 0) is 0 Å². The lowest BCUT2D eigenvalue weighted by atomic mass is 10.1. The van der Waals surface area contributed by atoms with Gasteiger partial charge in [0.15, 0.2) is 5.82 Å². The number of carboxylic acids is 1. The van der Waals surface area contributed by atoms with Crippen molar-refractivity contribution >= 4 is 35.4 Å². The minimum absolute atomic E-state index is 0.00322. The normalized spacial score (nSPS) is 13.1. The molecule has 2 amide bonds. The predicted octanol–water partition coefficient (Wildman–Crippen LogP) is 1.89. The van der Waals surface area contributed by atoms with Gasteiger partial charge in [0, 0.05) is 0 Å². The van der Waals surface area contributed by atoms with E-state index < -0.39 is 17.8 Å². The number of aromatic amines is 1. The Kier molecular flexibility index (Phi) is 3.83. The van der Waals surface area contributed by atoms with Crippen LogP contribution in [0.5, 0.6) is 0 Å². The van der Waals surface area contributed by atoms with Gasteiger partial charge in [-0.1, -0.05) is 6.92 Å². The summed E-state index contributed by atoms with van der Waals surface area (Å²) in [4.78, 5) is 36.9. The van der Waals surface area contributed by atoms with Crippen molar-refractivity contribution in [2.75, 3.05) is 10.7 Å². The van der Waals surface area contributed by atoms with Crippen molar-refractivity contribution in [3.63, 3.8) is 0 Å². The zero-order valence-corrected chi connectivity index (χ0v) is 13.2. The first-order chi connectivity index (χ1) is 11.5. The number of nitrogens with zero attached hydrogens (tertiary/aromatic N) is 3. The quantitative estimate of drug-likeness (QED) is 0.641. The average molecular weight is 342 g/mol. The van der Waals surface area contributed by atoms with Gasteiger partial charge in [0.2, 0.25) is 0 Å². The third-order valence-electron chi connectivity index (χ3n) is 3.46. The highest BCUT2D eigenvalue weighted by atomic mass is 32.2. The molecule has 1 aromatic heterocycles. The molecule has 120 valence electrons. The summed E-state index contributed by atoms with van der Waals surface area (Å²) in [5, 5.41) is 25.3. The molecule has 1 aromatic carbocycles. The zero-order chi connectivity index (χ0) is 17.4. The van der Waals surface area contributed by atoms with Gasteiger partial charge < -0.3 is 5.11 Å². The standard InChI is InChI=1S/C15H10N4O4S/c1-2-24-12-10(6-16)11(17-18-12)19-13(20)8-4-3-7(15(22)23)5-9(8)14(19)21/h3-5H,2H2,1H3,(H,17,18)(H,22,23). The molecule has 3 rings (SSSR count). The molecule has 9 heteroatoms. The smallest absolute Gasteiger partial charge is 0.335 e. The molecule has 0 spiro atoms. The second kappa shape index (κ2) is 5.82. The number of amides is 2. The van der Waals surface area contributed by atoms with Gasteiger partial charge in [0.05, 0.1) is 16.7 Å². The van der Waals surface area contributed by atoms with Crippen molar-refractivity contribution < 1.29 is 19.5 Å². The van der Waals surface area contributed by atoms with E-state index in [4.69, 9.17) is 5.11 Å². The van der Waals surface area contributed by atoms with E-state index in [0.717, 1.165) is 11.0 Å². The van der Waals surface area contributed by atoms with Gasteiger partial charge in [0.1, 0.15) is 16.7 Å². The Hall–Kier alpha value is -3.12. The number of carboxylic acid groups (broad SMARTS) is 1. The number of carbonyl (C=O) groups is 3. The number of hydrogen-bond donors (Lipinski definition) is 2. The molecule has 2 heterocycles. The number of thioether (sulfide) groups is 1. The summed E-state index contributed by atoms with van der Waals surface area (Å²) in [6, 6.07) is 5.65. The van der Waals surface area contributed by atoms with E-state index in [1.165, 1.54) is 23.9 Å². The second-order valence-electron chi connectivity index (χ2n) is 4.81. The van der Waals surface area contributed by atoms with Crippen LogP contribution in [-0.4, -0.2) is 38.8 Å². The molecule has 0 bridgehead atoms. The molecule has 0 aliphatic carbocycles. The number of aromatic nitrogens is 2. The van der Waals surface area contributed by atoms with Gasteiger partial charge in [-0.05, 0) is 24.0 Å². The van der Waals surface area contributed by atoms with Crippen LogP contribution in [0.4, 0.5) is 5.82 Å². The van der Waals surface area contributed by atoms with Crippen LogP contribution in [0.15, 0.2) is 23.2 Å². The molecule has 0 atom stereocenters. The number of H-pyrrole nitrogens is 1. The highest BCUT2D eigenvalue weighted by Gasteiger charge is 2.40. The summed E-state index contributed by atoms with van der Waals surface area (Å²) in [5.74, 6) is -1.84. The summed E-state index contributed by atoms with van der Waals surface area (Å²) in [6.45, 7) is 1.88. The molecule has 0 saturated carbocycles. The van der Waals surface area contributed by atoms with Gasteiger partial charge in [-0.2, -0.15) is 10.4 Å². The van der Waals surface area contributed by atoms with Crippen LogP contribution in [0.1, 0.15) is 43.6 Å². The lowest BCUT2D eigenvalue weighted by Gasteiger charge is -2.11. The lowest BCUT2D eigenvalue weighted by molar-refractivity contribution is 0.0696. The molecule has 1 aliphatic rings. The zero-order valence-electron chi connectivity index (χ0n) is 12.4. The second-order valence-corrected chi connectivity index (χ2v) is 6.06. The molecule has 2 aromatic rings. The number of benzene rings is 1. The molecule has 2 N–H and O–H groups in total. The third kappa shape index (κ3) is 2.24. The number of fused-ring (bicyclic) bond motifs is 1.